The molecule has 0 radical (unpaired) electrons. The number of amides is 2. The molecule has 1 atom stereocenters. The van der Waals surface area contributed by atoms with Gasteiger partial charge >= 0.3 is 0 Å². The van der Waals surface area contributed by atoms with E-state index in [9.17, 15) is 9.59 Å². The van der Waals surface area contributed by atoms with Crippen molar-refractivity contribution in [1.29, 1.82) is 0 Å². The first-order chi connectivity index (χ1) is 8.11. The molecule has 1 aromatic rings. The van der Waals surface area contributed by atoms with Gasteiger partial charge in [0.2, 0.25) is 5.91 Å². The zero-order chi connectivity index (χ0) is 12.4. The van der Waals surface area contributed by atoms with Crippen LogP contribution in [0, 0.1) is 5.92 Å². The van der Waals surface area contributed by atoms with Gasteiger partial charge in [0.05, 0.1) is 8.66 Å². The maximum atomic E-state index is 12.1. The van der Waals surface area contributed by atoms with Crippen molar-refractivity contribution < 1.29 is 9.59 Å². The fourth-order valence-corrected chi connectivity index (χ4v) is 3.48. The molecule has 0 spiro atoms. The molecule has 0 aromatic carbocycles. The Kier molecular flexibility index (Phi) is 3.99. The van der Waals surface area contributed by atoms with E-state index >= 15 is 0 Å². The zero-order valence-corrected chi connectivity index (χ0v) is 12.0. The molecule has 0 bridgehead atoms. The molecule has 1 aromatic heterocycles. The van der Waals surface area contributed by atoms with Crippen LogP contribution < -0.4 is 0 Å². The Balaban J connectivity index is 2.08. The van der Waals surface area contributed by atoms with E-state index < -0.39 is 0 Å². The summed E-state index contributed by atoms with van der Waals surface area (Å²) in [5.74, 6) is 0.169. The number of hydrogen-bond donors (Lipinski definition) is 0. The van der Waals surface area contributed by atoms with Gasteiger partial charge in [0, 0.05) is 13.0 Å². The topological polar surface area (TPSA) is 37.4 Å². The van der Waals surface area contributed by atoms with E-state index in [2.05, 4.69) is 22.9 Å². The fourth-order valence-electron chi connectivity index (χ4n) is 2.14. The third kappa shape index (κ3) is 2.77. The molecule has 1 fully saturated rings. The number of rotatable bonds is 3. The zero-order valence-electron chi connectivity index (χ0n) is 9.61. The first kappa shape index (κ1) is 12.8. The van der Waals surface area contributed by atoms with E-state index in [-0.39, 0.29) is 11.8 Å². The Morgan fingerprint density at radius 2 is 2.35 bits per heavy atom. The summed E-state index contributed by atoms with van der Waals surface area (Å²) in [5.41, 5.74) is 0. The van der Waals surface area contributed by atoms with Crippen LogP contribution in [0.25, 0.3) is 0 Å². The van der Waals surface area contributed by atoms with Gasteiger partial charge in [-0.3, -0.25) is 14.5 Å². The van der Waals surface area contributed by atoms with Gasteiger partial charge in [-0.05, 0) is 40.4 Å². The Morgan fingerprint density at radius 1 is 1.59 bits per heavy atom. The van der Waals surface area contributed by atoms with Gasteiger partial charge in [0.15, 0.2) is 0 Å². The van der Waals surface area contributed by atoms with Gasteiger partial charge in [-0.1, -0.05) is 13.3 Å². The molecular weight excluding hydrogens is 302 g/mol. The SMILES string of the molecule is CCCC1CC(=O)N(C(=O)c2ccc(Br)s2)C1. The van der Waals surface area contributed by atoms with Gasteiger partial charge in [-0.15, -0.1) is 11.3 Å². The molecule has 1 aliphatic heterocycles. The van der Waals surface area contributed by atoms with E-state index in [1.165, 1.54) is 16.2 Å². The molecule has 17 heavy (non-hydrogen) atoms. The summed E-state index contributed by atoms with van der Waals surface area (Å²) in [5, 5.41) is 0. The molecule has 5 heteroatoms. The highest BCUT2D eigenvalue weighted by atomic mass is 79.9. The molecule has 1 aliphatic rings. The van der Waals surface area contributed by atoms with Crippen LogP contribution in [0.1, 0.15) is 35.9 Å². The maximum Gasteiger partial charge on any atom is 0.270 e. The van der Waals surface area contributed by atoms with E-state index in [4.69, 9.17) is 0 Å². The van der Waals surface area contributed by atoms with Crippen LogP contribution in [0.15, 0.2) is 15.9 Å². The van der Waals surface area contributed by atoms with Crippen molar-refractivity contribution in [2.24, 2.45) is 5.92 Å². The second kappa shape index (κ2) is 5.31. The second-order valence-corrected chi connectivity index (χ2v) is 6.74. The highest BCUT2D eigenvalue weighted by Gasteiger charge is 2.34. The van der Waals surface area contributed by atoms with Crippen LogP contribution in [0.2, 0.25) is 0 Å². The minimum atomic E-state index is -0.149. The minimum Gasteiger partial charge on any atom is -0.278 e. The summed E-state index contributed by atoms with van der Waals surface area (Å²) in [6, 6.07) is 3.60. The van der Waals surface area contributed by atoms with Crippen molar-refractivity contribution in [3.8, 4) is 0 Å². The number of likely N-dealkylation sites (tertiary alicyclic amines) is 1. The molecule has 2 amide bonds. The lowest BCUT2D eigenvalue weighted by Crippen LogP contribution is -2.31. The average molecular weight is 316 g/mol. The highest BCUT2D eigenvalue weighted by Crippen LogP contribution is 2.27. The third-order valence-electron chi connectivity index (χ3n) is 2.93. The maximum absolute atomic E-state index is 12.1. The lowest BCUT2D eigenvalue weighted by atomic mass is 10.0. The van der Waals surface area contributed by atoms with Gasteiger partial charge in [-0.25, -0.2) is 0 Å². The van der Waals surface area contributed by atoms with Crippen molar-refractivity contribution >= 4 is 39.1 Å². The van der Waals surface area contributed by atoms with Crippen LogP contribution in [-0.4, -0.2) is 23.3 Å². The fraction of sp³-hybridized carbons (Fsp3) is 0.500. The largest absolute Gasteiger partial charge is 0.278 e. The lowest BCUT2D eigenvalue weighted by Gasteiger charge is -2.13. The van der Waals surface area contributed by atoms with Gasteiger partial charge in [-0.2, -0.15) is 0 Å². The Bertz CT molecular complexity index is 443. The Hall–Kier alpha value is -0.680. The van der Waals surface area contributed by atoms with Crippen molar-refractivity contribution in [2.45, 2.75) is 26.2 Å². The molecule has 1 saturated heterocycles. The Morgan fingerprint density at radius 3 is 2.94 bits per heavy atom. The van der Waals surface area contributed by atoms with Gasteiger partial charge in [0.1, 0.15) is 0 Å². The minimum absolute atomic E-state index is 0.0297. The molecule has 0 N–H and O–H groups in total. The molecule has 3 nitrogen and oxygen atoms in total. The van der Waals surface area contributed by atoms with E-state index in [0.29, 0.717) is 23.8 Å². The highest BCUT2D eigenvalue weighted by molar-refractivity contribution is 9.11. The summed E-state index contributed by atoms with van der Waals surface area (Å²) in [7, 11) is 0. The Labute approximate surface area is 113 Å². The van der Waals surface area contributed by atoms with E-state index in [1.54, 1.807) is 6.07 Å². The molecule has 0 saturated carbocycles. The normalized spacial score (nSPS) is 20.0. The van der Waals surface area contributed by atoms with Crippen molar-refractivity contribution in [3.63, 3.8) is 0 Å². The van der Waals surface area contributed by atoms with Crippen molar-refractivity contribution in [1.82, 2.24) is 4.90 Å². The van der Waals surface area contributed by atoms with Gasteiger partial charge in [0.25, 0.3) is 5.91 Å². The molecule has 92 valence electrons. The quantitative estimate of drug-likeness (QED) is 0.803. The first-order valence-electron chi connectivity index (χ1n) is 5.72. The standard InChI is InChI=1S/C12H14BrNO2S/c1-2-3-8-6-11(15)14(7-8)12(16)9-4-5-10(13)17-9/h4-5,8H,2-3,6-7H2,1H3. The number of hydrogen-bond acceptors (Lipinski definition) is 3. The second-order valence-electron chi connectivity index (χ2n) is 4.27. The number of nitrogens with zero attached hydrogens (tertiary/aromatic N) is 1. The average Bonchev–Trinajstić information content (AvgIpc) is 2.85. The summed E-state index contributed by atoms with van der Waals surface area (Å²) in [6.45, 7) is 2.69. The summed E-state index contributed by atoms with van der Waals surface area (Å²) < 4.78 is 0.914. The molecule has 2 heterocycles. The third-order valence-corrected chi connectivity index (χ3v) is 4.54. The number of carbonyl (C=O) groups excluding carboxylic acids is 2. The predicted octanol–water partition coefficient (Wildman–Crippen LogP) is 3.30. The smallest absolute Gasteiger partial charge is 0.270 e. The number of halogens is 1. The first-order valence-corrected chi connectivity index (χ1v) is 7.32. The number of imide groups is 1. The predicted molar refractivity (Wildman–Crippen MR) is 71.1 cm³/mol. The van der Waals surface area contributed by atoms with Crippen LogP contribution in [-0.2, 0) is 4.79 Å². The van der Waals surface area contributed by atoms with Crippen LogP contribution >= 0.6 is 27.3 Å². The van der Waals surface area contributed by atoms with E-state index in [1.807, 2.05) is 6.07 Å². The van der Waals surface area contributed by atoms with Crippen LogP contribution in [0.3, 0.4) is 0 Å². The van der Waals surface area contributed by atoms with E-state index in [0.717, 1.165) is 16.6 Å². The van der Waals surface area contributed by atoms with Gasteiger partial charge < -0.3 is 0 Å². The summed E-state index contributed by atoms with van der Waals surface area (Å²) >= 11 is 4.70. The van der Waals surface area contributed by atoms with Crippen LogP contribution in [0.4, 0.5) is 0 Å². The molecule has 0 aliphatic carbocycles. The van der Waals surface area contributed by atoms with Crippen molar-refractivity contribution in [2.75, 3.05) is 6.54 Å². The van der Waals surface area contributed by atoms with Crippen LogP contribution in [0.5, 0.6) is 0 Å². The van der Waals surface area contributed by atoms with Crippen molar-refractivity contribution in [3.05, 3.63) is 20.8 Å². The number of thiophene rings is 1. The lowest BCUT2D eigenvalue weighted by molar-refractivity contribution is -0.125. The number of carbonyl (C=O) groups is 2. The molecule has 2 rings (SSSR count). The molecule has 1 unspecified atom stereocenters. The molecular formula is C12H14BrNO2S. The summed E-state index contributed by atoms with van der Waals surface area (Å²) in [6.07, 6.45) is 2.60. The summed E-state index contributed by atoms with van der Waals surface area (Å²) in [4.78, 5) is 25.9. The monoisotopic (exact) mass is 315 g/mol.